The number of carbonyl (C=O) groups is 3. The number of hydrogen-bond donors (Lipinski definition) is 1. The third kappa shape index (κ3) is 2.99. The molecular weight excluding hydrogens is 292 g/mol. The maximum atomic E-state index is 12.1. The van der Waals surface area contributed by atoms with E-state index in [-0.39, 0.29) is 12.3 Å². The summed E-state index contributed by atoms with van der Waals surface area (Å²) in [6.45, 7) is 2.00. The summed E-state index contributed by atoms with van der Waals surface area (Å²) in [7, 11) is 0. The molecule has 0 spiro atoms. The zero-order chi connectivity index (χ0) is 16.4. The SMILES string of the molecule is Cc1ccc(CCC(=O)NN2C(=O)c3ccccc3C2=O)cc1. The van der Waals surface area contributed by atoms with E-state index in [1.54, 1.807) is 24.3 Å². The molecule has 1 heterocycles. The maximum absolute atomic E-state index is 12.1. The van der Waals surface area contributed by atoms with E-state index in [4.69, 9.17) is 0 Å². The van der Waals surface area contributed by atoms with Crippen molar-refractivity contribution in [2.75, 3.05) is 0 Å². The number of fused-ring (bicyclic) bond motifs is 1. The van der Waals surface area contributed by atoms with Crippen molar-refractivity contribution in [3.8, 4) is 0 Å². The molecule has 0 saturated heterocycles. The molecule has 116 valence electrons. The summed E-state index contributed by atoms with van der Waals surface area (Å²) >= 11 is 0. The largest absolute Gasteiger partial charge is 0.280 e. The Morgan fingerprint density at radius 3 is 2.09 bits per heavy atom. The van der Waals surface area contributed by atoms with Crippen LogP contribution in [0.4, 0.5) is 0 Å². The number of nitrogens with one attached hydrogen (secondary N) is 1. The van der Waals surface area contributed by atoms with Crippen LogP contribution in [0.5, 0.6) is 0 Å². The van der Waals surface area contributed by atoms with Gasteiger partial charge in [0.15, 0.2) is 0 Å². The highest BCUT2D eigenvalue weighted by Gasteiger charge is 2.36. The molecule has 5 nitrogen and oxygen atoms in total. The molecule has 1 aliphatic heterocycles. The summed E-state index contributed by atoms with van der Waals surface area (Å²) in [6.07, 6.45) is 0.756. The number of aryl methyl sites for hydroxylation is 2. The van der Waals surface area contributed by atoms with E-state index in [2.05, 4.69) is 5.43 Å². The van der Waals surface area contributed by atoms with Crippen molar-refractivity contribution in [2.24, 2.45) is 0 Å². The second-order valence-electron chi connectivity index (χ2n) is 5.51. The van der Waals surface area contributed by atoms with E-state index in [1.807, 2.05) is 31.2 Å². The molecule has 1 aliphatic rings. The average Bonchev–Trinajstić information content (AvgIpc) is 2.80. The Kier molecular flexibility index (Phi) is 3.93. The molecule has 2 aromatic rings. The molecule has 0 aliphatic carbocycles. The lowest BCUT2D eigenvalue weighted by atomic mass is 10.1. The van der Waals surface area contributed by atoms with E-state index >= 15 is 0 Å². The van der Waals surface area contributed by atoms with Crippen LogP contribution in [0.2, 0.25) is 0 Å². The normalized spacial score (nSPS) is 13.2. The third-order valence-electron chi connectivity index (χ3n) is 3.79. The summed E-state index contributed by atoms with van der Waals surface area (Å²) in [5.41, 5.74) is 5.23. The Balaban J connectivity index is 1.62. The van der Waals surface area contributed by atoms with Crippen LogP contribution in [0.3, 0.4) is 0 Å². The van der Waals surface area contributed by atoms with Gasteiger partial charge in [0.1, 0.15) is 0 Å². The van der Waals surface area contributed by atoms with E-state index in [0.717, 1.165) is 16.1 Å². The minimum atomic E-state index is -0.491. The van der Waals surface area contributed by atoms with Gasteiger partial charge in [0.2, 0.25) is 5.91 Å². The van der Waals surface area contributed by atoms with Crippen molar-refractivity contribution in [3.05, 3.63) is 70.8 Å². The van der Waals surface area contributed by atoms with Crippen molar-refractivity contribution >= 4 is 17.7 Å². The number of rotatable bonds is 4. The number of benzene rings is 2. The van der Waals surface area contributed by atoms with E-state index in [0.29, 0.717) is 17.5 Å². The number of hydrazine groups is 1. The number of nitrogens with zero attached hydrogens (tertiary/aromatic N) is 1. The average molecular weight is 308 g/mol. The van der Waals surface area contributed by atoms with Crippen LogP contribution < -0.4 is 5.43 Å². The lowest BCUT2D eigenvalue weighted by Gasteiger charge is -2.14. The quantitative estimate of drug-likeness (QED) is 0.881. The van der Waals surface area contributed by atoms with E-state index in [1.165, 1.54) is 0 Å². The van der Waals surface area contributed by atoms with Crippen LogP contribution in [0.1, 0.15) is 38.3 Å². The first-order valence-corrected chi connectivity index (χ1v) is 7.39. The summed E-state index contributed by atoms with van der Waals surface area (Å²) < 4.78 is 0. The Hall–Kier alpha value is -2.95. The number of hydrogen-bond acceptors (Lipinski definition) is 3. The molecule has 2 aromatic carbocycles. The fourth-order valence-corrected chi connectivity index (χ4v) is 2.48. The second kappa shape index (κ2) is 6.04. The Morgan fingerprint density at radius 2 is 1.52 bits per heavy atom. The molecule has 1 N–H and O–H groups in total. The van der Waals surface area contributed by atoms with Gasteiger partial charge in [-0.15, -0.1) is 0 Å². The summed E-state index contributed by atoms with van der Waals surface area (Å²) in [5, 5.41) is 0.794. The van der Waals surface area contributed by atoms with Gasteiger partial charge in [-0.25, -0.2) is 0 Å². The van der Waals surface area contributed by atoms with Gasteiger partial charge in [0.25, 0.3) is 11.8 Å². The Morgan fingerprint density at radius 1 is 0.957 bits per heavy atom. The van der Waals surface area contributed by atoms with Crippen LogP contribution in [0.15, 0.2) is 48.5 Å². The summed E-state index contributed by atoms with van der Waals surface area (Å²) in [4.78, 5) is 36.3. The van der Waals surface area contributed by atoms with Crippen molar-refractivity contribution in [1.29, 1.82) is 0 Å². The first-order valence-electron chi connectivity index (χ1n) is 7.39. The molecule has 0 aromatic heterocycles. The van der Waals surface area contributed by atoms with Gasteiger partial charge in [-0.1, -0.05) is 42.0 Å². The monoisotopic (exact) mass is 308 g/mol. The van der Waals surface area contributed by atoms with Gasteiger partial charge in [-0.3, -0.25) is 19.8 Å². The van der Waals surface area contributed by atoms with Gasteiger partial charge in [0.05, 0.1) is 11.1 Å². The second-order valence-corrected chi connectivity index (χ2v) is 5.51. The number of carbonyl (C=O) groups excluding carboxylic acids is 3. The molecule has 0 bridgehead atoms. The molecule has 23 heavy (non-hydrogen) atoms. The highest BCUT2D eigenvalue weighted by Crippen LogP contribution is 2.20. The summed E-state index contributed by atoms with van der Waals surface area (Å²) in [6, 6.07) is 14.4. The highest BCUT2D eigenvalue weighted by molar-refractivity contribution is 6.21. The van der Waals surface area contributed by atoms with Crippen LogP contribution in [0.25, 0.3) is 0 Å². The van der Waals surface area contributed by atoms with E-state index in [9.17, 15) is 14.4 Å². The standard InChI is InChI=1S/C18H16N2O3/c1-12-6-8-13(9-7-12)10-11-16(21)19-20-17(22)14-4-2-3-5-15(14)18(20)23/h2-9H,10-11H2,1H3,(H,19,21). The fourth-order valence-electron chi connectivity index (χ4n) is 2.48. The molecule has 3 amide bonds. The van der Waals surface area contributed by atoms with Crippen molar-refractivity contribution in [2.45, 2.75) is 19.8 Å². The third-order valence-corrected chi connectivity index (χ3v) is 3.79. The molecule has 0 unspecified atom stereocenters. The molecule has 3 rings (SSSR count). The smallest absolute Gasteiger partial charge is 0.273 e. The van der Waals surface area contributed by atoms with Gasteiger partial charge in [0, 0.05) is 6.42 Å². The highest BCUT2D eigenvalue weighted by atomic mass is 16.2. The predicted molar refractivity (Wildman–Crippen MR) is 84.6 cm³/mol. The Labute approximate surface area is 133 Å². The van der Waals surface area contributed by atoms with E-state index < -0.39 is 11.8 Å². The van der Waals surface area contributed by atoms with Crippen LogP contribution in [-0.2, 0) is 11.2 Å². The maximum Gasteiger partial charge on any atom is 0.280 e. The Bertz CT molecular complexity index is 746. The number of amides is 3. The van der Waals surface area contributed by atoms with Gasteiger partial charge in [-0.2, -0.15) is 5.01 Å². The molecule has 0 radical (unpaired) electrons. The minimum Gasteiger partial charge on any atom is -0.273 e. The molecular formula is C18H16N2O3. The van der Waals surface area contributed by atoms with Crippen LogP contribution in [0, 0.1) is 6.92 Å². The van der Waals surface area contributed by atoms with Crippen LogP contribution >= 0.6 is 0 Å². The topological polar surface area (TPSA) is 66.5 Å². The first-order chi connectivity index (χ1) is 11.1. The van der Waals surface area contributed by atoms with Crippen molar-refractivity contribution < 1.29 is 14.4 Å². The van der Waals surface area contributed by atoms with Crippen LogP contribution in [-0.4, -0.2) is 22.7 Å². The zero-order valence-electron chi connectivity index (χ0n) is 12.7. The van der Waals surface area contributed by atoms with Gasteiger partial charge < -0.3 is 0 Å². The lowest BCUT2D eigenvalue weighted by Crippen LogP contribution is -2.45. The molecule has 5 heteroatoms. The van der Waals surface area contributed by atoms with Crippen molar-refractivity contribution in [1.82, 2.24) is 10.4 Å². The van der Waals surface area contributed by atoms with Gasteiger partial charge >= 0.3 is 0 Å². The zero-order valence-corrected chi connectivity index (χ0v) is 12.7. The molecule has 0 fully saturated rings. The fraction of sp³-hybridized carbons (Fsp3) is 0.167. The lowest BCUT2D eigenvalue weighted by molar-refractivity contribution is -0.124. The minimum absolute atomic E-state index is 0.205. The summed E-state index contributed by atoms with van der Waals surface area (Å²) in [5.74, 6) is -1.34. The van der Waals surface area contributed by atoms with Gasteiger partial charge in [-0.05, 0) is 31.0 Å². The first kappa shape index (κ1) is 15.0. The van der Waals surface area contributed by atoms with Crippen molar-refractivity contribution in [3.63, 3.8) is 0 Å². The number of imide groups is 1. The molecule has 0 saturated carbocycles. The molecule has 0 atom stereocenters. The predicted octanol–water partition coefficient (Wildman–Crippen LogP) is 2.26.